The Kier molecular flexibility index (Phi) is 7.38. The number of carbonyl (C=O) groups is 3. The number of aromatic nitrogens is 1. The van der Waals surface area contributed by atoms with E-state index in [4.69, 9.17) is 12.2 Å². The Morgan fingerprint density at radius 3 is 2.11 bits per heavy atom. The molecule has 0 spiro atoms. The molecule has 0 saturated carbocycles. The highest BCUT2D eigenvalue weighted by molar-refractivity contribution is 7.80. The molecule has 12 heteroatoms. The van der Waals surface area contributed by atoms with Gasteiger partial charge in [-0.1, -0.05) is 59.9 Å². The number of halogens is 3. The molecule has 2 aromatic heterocycles. The predicted molar refractivity (Wildman–Crippen MR) is 136 cm³/mol. The van der Waals surface area contributed by atoms with E-state index in [1.165, 1.54) is 24.3 Å². The molecule has 0 unspecified atom stereocenters. The van der Waals surface area contributed by atoms with E-state index in [2.05, 4.69) is 15.6 Å². The third kappa shape index (κ3) is 5.73. The van der Waals surface area contributed by atoms with Crippen molar-refractivity contribution in [3.63, 3.8) is 0 Å². The van der Waals surface area contributed by atoms with E-state index >= 15 is 0 Å². The summed E-state index contributed by atoms with van der Waals surface area (Å²) in [7, 11) is 0. The minimum atomic E-state index is -5.07. The zero-order valence-electron chi connectivity index (χ0n) is 18.0. The number of Topliss-reactive ketones (excluding diaryl/α,β-unsaturated/α-hetero) is 1. The summed E-state index contributed by atoms with van der Waals surface area (Å²) in [5, 5.41) is 6.31. The Labute approximate surface area is 215 Å². The van der Waals surface area contributed by atoms with Crippen LogP contribution in [0.25, 0.3) is 10.6 Å². The fraction of sp³-hybridized carbons (Fsp3) is 0.0417. The van der Waals surface area contributed by atoms with Crippen molar-refractivity contribution in [2.75, 3.05) is 5.32 Å². The molecule has 2 N–H and O–H groups in total. The third-order valence-electron chi connectivity index (χ3n) is 4.74. The standard InChI is InChI=1S/C24H14F3N3O3S3/c25-24(26,27)20(32)19-17(16-7-4-12-35-16)28-23(36-19)30-22(34)29-21(33)15-10-8-14(9-11-15)18(31)13-5-2-1-3-6-13/h1-12H,(H2,28,29,30,33,34). The van der Waals surface area contributed by atoms with Gasteiger partial charge >= 0.3 is 6.18 Å². The second kappa shape index (κ2) is 10.5. The highest BCUT2D eigenvalue weighted by Crippen LogP contribution is 2.37. The number of hydrogen-bond donors (Lipinski definition) is 2. The monoisotopic (exact) mass is 545 g/mol. The first-order valence-electron chi connectivity index (χ1n) is 10.1. The summed E-state index contributed by atoms with van der Waals surface area (Å²) in [5.74, 6) is -2.82. The van der Waals surface area contributed by atoms with Gasteiger partial charge in [0.2, 0.25) is 0 Å². The fourth-order valence-electron chi connectivity index (χ4n) is 3.07. The van der Waals surface area contributed by atoms with Gasteiger partial charge in [-0.05, 0) is 35.8 Å². The molecule has 6 nitrogen and oxygen atoms in total. The number of thiophene rings is 1. The molecule has 0 atom stereocenters. The molecule has 0 bridgehead atoms. The molecule has 0 fully saturated rings. The van der Waals surface area contributed by atoms with Crippen molar-refractivity contribution in [3.05, 3.63) is 93.7 Å². The highest BCUT2D eigenvalue weighted by atomic mass is 32.1. The molecule has 0 aliphatic carbocycles. The van der Waals surface area contributed by atoms with E-state index < -0.39 is 22.7 Å². The van der Waals surface area contributed by atoms with Gasteiger partial charge in [0.15, 0.2) is 16.0 Å². The van der Waals surface area contributed by atoms with Gasteiger partial charge in [-0.2, -0.15) is 13.2 Å². The number of thiocarbonyl (C=S) groups is 1. The van der Waals surface area contributed by atoms with Crippen molar-refractivity contribution in [1.82, 2.24) is 10.3 Å². The first-order chi connectivity index (χ1) is 17.1. The first-order valence-corrected chi connectivity index (χ1v) is 12.2. The summed E-state index contributed by atoms with van der Waals surface area (Å²) in [4.78, 5) is 40.8. The van der Waals surface area contributed by atoms with E-state index in [1.54, 1.807) is 47.8 Å². The van der Waals surface area contributed by atoms with Crippen molar-refractivity contribution in [3.8, 4) is 10.6 Å². The molecule has 2 heterocycles. The molecule has 0 radical (unpaired) electrons. The lowest BCUT2D eigenvalue weighted by molar-refractivity contribution is -0.0882. The summed E-state index contributed by atoms with van der Waals surface area (Å²) in [6.45, 7) is 0. The van der Waals surface area contributed by atoms with Crippen LogP contribution in [0, 0.1) is 0 Å². The van der Waals surface area contributed by atoms with Crippen molar-refractivity contribution in [1.29, 1.82) is 0 Å². The smallest absolute Gasteiger partial charge is 0.308 e. The Bertz CT molecular complexity index is 1430. The molecule has 2 aromatic carbocycles. The number of carbonyl (C=O) groups excluding carboxylic acids is 3. The molecule has 182 valence electrons. The molecule has 0 aliphatic rings. The van der Waals surface area contributed by atoms with Crippen molar-refractivity contribution < 1.29 is 27.6 Å². The Hall–Kier alpha value is -3.74. The minimum absolute atomic E-state index is 0.0832. The lowest BCUT2D eigenvalue weighted by Gasteiger charge is -2.08. The normalized spacial score (nSPS) is 11.1. The Morgan fingerprint density at radius 2 is 1.50 bits per heavy atom. The molecule has 0 aliphatic heterocycles. The predicted octanol–water partition coefficient (Wildman–Crippen LogP) is 5.97. The van der Waals surface area contributed by atoms with Crippen LogP contribution >= 0.6 is 34.9 Å². The summed E-state index contributed by atoms with van der Waals surface area (Å²) in [6, 6.07) is 17.7. The van der Waals surface area contributed by atoms with Crippen LogP contribution in [-0.2, 0) is 0 Å². The number of alkyl halides is 3. The third-order valence-corrected chi connectivity index (χ3v) is 6.79. The van der Waals surface area contributed by atoms with Gasteiger partial charge in [0.25, 0.3) is 11.7 Å². The quantitative estimate of drug-likeness (QED) is 0.229. The molecular weight excluding hydrogens is 531 g/mol. The van der Waals surface area contributed by atoms with Gasteiger partial charge in [-0.3, -0.25) is 19.7 Å². The molecule has 36 heavy (non-hydrogen) atoms. The van der Waals surface area contributed by atoms with Crippen molar-refractivity contribution in [2.45, 2.75) is 6.18 Å². The molecular formula is C24H14F3N3O3S3. The zero-order valence-corrected chi connectivity index (χ0v) is 20.4. The lowest BCUT2D eigenvalue weighted by atomic mass is 10.0. The summed E-state index contributed by atoms with van der Waals surface area (Å²) in [5.41, 5.74) is 0.987. The number of benzene rings is 2. The van der Waals surface area contributed by atoms with Crippen molar-refractivity contribution in [2.24, 2.45) is 0 Å². The fourth-order valence-corrected chi connectivity index (χ4v) is 5.05. The van der Waals surface area contributed by atoms with E-state index in [0.29, 0.717) is 27.3 Å². The van der Waals surface area contributed by atoms with Crippen LogP contribution in [0.4, 0.5) is 18.3 Å². The lowest BCUT2D eigenvalue weighted by Crippen LogP contribution is -2.34. The van der Waals surface area contributed by atoms with E-state index in [1.807, 2.05) is 0 Å². The number of rotatable bonds is 6. The minimum Gasteiger partial charge on any atom is -0.308 e. The Morgan fingerprint density at radius 1 is 0.861 bits per heavy atom. The maximum atomic E-state index is 13.1. The van der Waals surface area contributed by atoms with Crippen LogP contribution in [0.5, 0.6) is 0 Å². The second-order valence-corrected chi connectivity index (χ2v) is 9.54. The SMILES string of the molecule is O=C(NC(=S)Nc1nc(-c2cccs2)c(C(=O)C(F)(F)F)s1)c1ccc(C(=O)c2ccccc2)cc1. The molecule has 4 rings (SSSR count). The number of ketones is 2. The average Bonchev–Trinajstić information content (AvgIpc) is 3.53. The number of thiazole rings is 1. The number of amides is 1. The largest absolute Gasteiger partial charge is 0.455 e. The molecule has 0 saturated heterocycles. The second-order valence-electron chi connectivity index (χ2n) is 7.18. The number of nitrogens with zero attached hydrogens (tertiary/aromatic N) is 1. The van der Waals surface area contributed by atoms with Crippen LogP contribution in [0.3, 0.4) is 0 Å². The summed E-state index contributed by atoms with van der Waals surface area (Å²) >= 11 is 6.72. The van der Waals surface area contributed by atoms with Gasteiger partial charge < -0.3 is 5.32 Å². The maximum absolute atomic E-state index is 13.1. The summed E-state index contributed by atoms with van der Waals surface area (Å²) < 4.78 is 39.2. The van der Waals surface area contributed by atoms with Crippen LogP contribution in [0.2, 0.25) is 0 Å². The average molecular weight is 546 g/mol. The van der Waals surface area contributed by atoms with E-state index in [-0.39, 0.29) is 27.3 Å². The van der Waals surface area contributed by atoms with E-state index in [0.717, 1.165) is 11.3 Å². The van der Waals surface area contributed by atoms with Crippen LogP contribution in [0.1, 0.15) is 36.0 Å². The number of hydrogen-bond acceptors (Lipinski definition) is 7. The number of anilines is 1. The molecule has 1 amide bonds. The van der Waals surface area contributed by atoms with Crippen LogP contribution in [-0.4, -0.2) is 33.7 Å². The molecule has 4 aromatic rings. The maximum Gasteiger partial charge on any atom is 0.455 e. The van der Waals surface area contributed by atoms with Crippen molar-refractivity contribution >= 4 is 62.6 Å². The highest BCUT2D eigenvalue weighted by Gasteiger charge is 2.42. The van der Waals surface area contributed by atoms with Gasteiger partial charge in [0.05, 0.1) is 4.88 Å². The van der Waals surface area contributed by atoms with Crippen LogP contribution < -0.4 is 10.6 Å². The number of nitrogens with one attached hydrogen (secondary N) is 2. The summed E-state index contributed by atoms with van der Waals surface area (Å²) in [6.07, 6.45) is -5.07. The first kappa shape index (κ1) is 25.4. The van der Waals surface area contributed by atoms with Gasteiger partial charge in [0.1, 0.15) is 10.6 Å². The topological polar surface area (TPSA) is 88.2 Å². The van der Waals surface area contributed by atoms with Crippen LogP contribution in [0.15, 0.2) is 72.1 Å². The van der Waals surface area contributed by atoms with Gasteiger partial charge in [0, 0.05) is 16.7 Å². The van der Waals surface area contributed by atoms with Gasteiger partial charge in [-0.25, -0.2) is 4.98 Å². The van der Waals surface area contributed by atoms with E-state index in [9.17, 15) is 27.6 Å². The Balaban J connectivity index is 1.45. The zero-order chi connectivity index (χ0) is 25.9. The van der Waals surface area contributed by atoms with Gasteiger partial charge in [-0.15, -0.1) is 11.3 Å².